The second-order valence-electron chi connectivity index (χ2n) is 4.25. The smallest absolute Gasteiger partial charge is 0.191 e. The molecule has 2 N–H and O–H groups in total. The fourth-order valence-corrected chi connectivity index (χ4v) is 2.11. The van der Waals surface area contributed by atoms with Crippen LogP contribution in [0.2, 0.25) is 0 Å². The molecule has 0 saturated heterocycles. The van der Waals surface area contributed by atoms with Crippen LogP contribution in [0.15, 0.2) is 29.4 Å². The van der Waals surface area contributed by atoms with Gasteiger partial charge in [0.15, 0.2) is 5.16 Å². The highest BCUT2D eigenvalue weighted by atomic mass is 32.2. The maximum Gasteiger partial charge on any atom is 0.191 e. The number of benzene rings is 1. The Bertz CT molecular complexity index is 561. The van der Waals surface area contributed by atoms with Crippen molar-refractivity contribution in [3.63, 3.8) is 0 Å². The Labute approximate surface area is 118 Å². The summed E-state index contributed by atoms with van der Waals surface area (Å²) in [4.78, 5) is 8.82. The minimum Gasteiger partial charge on any atom is -0.373 e. The van der Waals surface area contributed by atoms with Crippen LogP contribution in [0.1, 0.15) is 11.1 Å². The van der Waals surface area contributed by atoms with Gasteiger partial charge in [-0.2, -0.15) is 0 Å². The number of thioether (sulfide) groups is 1. The number of aryl methyl sites for hydroxylation is 1. The van der Waals surface area contributed by atoms with E-state index in [1.807, 2.05) is 25.4 Å². The zero-order valence-electron chi connectivity index (χ0n) is 11.6. The summed E-state index contributed by atoms with van der Waals surface area (Å²) in [5.74, 6) is 1.62. The van der Waals surface area contributed by atoms with Crippen molar-refractivity contribution in [1.82, 2.24) is 9.97 Å². The van der Waals surface area contributed by atoms with E-state index >= 15 is 0 Å². The zero-order chi connectivity index (χ0) is 13.8. The molecule has 4 nitrogen and oxygen atoms in total. The largest absolute Gasteiger partial charge is 0.373 e. The van der Waals surface area contributed by atoms with Gasteiger partial charge in [-0.3, -0.25) is 0 Å². The van der Waals surface area contributed by atoms with Gasteiger partial charge < -0.3 is 10.6 Å². The van der Waals surface area contributed by atoms with Crippen LogP contribution in [0, 0.1) is 13.8 Å². The molecule has 2 aromatic rings. The first-order valence-corrected chi connectivity index (χ1v) is 7.30. The van der Waals surface area contributed by atoms with E-state index in [-0.39, 0.29) is 0 Å². The van der Waals surface area contributed by atoms with Crippen LogP contribution < -0.4 is 10.6 Å². The van der Waals surface area contributed by atoms with Crippen LogP contribution in [0.4, 0.5) is 17.3 Å². The molecule has 0 fully saturated rings. The predicted octanol–water partition coefficient (Wildman–Crippen LogP) is 3.60. The van der Waals surface area contributed by atoms with E-state index in [1.165, 1.54) is 22.9 Å². The van der Waals surface area contributed by atoms with E-state index in [0.29, 0.717) is 0 Å². The van der Waals surface area contributed by atoms with Gasteiger partial charge in [0.1, 0.15) is 11.6 Å². The fourth-order valence-electron chi connectivity index (χ4n) is 1.73. The average Bonchev–Trinajstić information content (AvgIpc) is 2.43. The van der Waals surface area contributed by atoms with Gasteiger partial charge in [0.2, 0.25) is 0 Å². The molecule has 1 aromatic heterocycles. The van der Waals surface area contributed by atoms with E-state index in [2.05, 4.69) is 46.6 Å². The summed E-state index contributed by atoms with van der Waals surface area (Å²) < 4.78 is 0. The molecule has 0 unspecified atom stereocenters. The molecule has 0 atom stereocenters. The van der Waals surface area contributed by atoms with Gasteiger partial charge in [-0.05, 0) is 37.3 Å². The van der Waals surface area contributed by atoms with Crippen LogP contribution in [0.25, 0.3) is 0 Å². The van der Waals surface area contributed by atoms with Gasteiger partial charge in [-0.1, -0.05) is 23.9 Å². The first-order valence-electron chi connectivity index (χ1n) is 6.08. The van der Waals surface area contributed by atoms with Gasteiger partial charge >= 0.3 is 0 Å². The predicted molar refractivity (Wildman–Crippen MR) is 82.6 cm³/mol. The molecule has 5 heteroatoms. The minimum atomic E-state index is 0.750. The zero-order valence-corrected chi connectivity index (χ0v) is 12.4. The highest BCUT2D eigenvalue weighted by molar-refractivity contribution is 7.98. The second kappa shape index (κ2) is 5.93. The molecular formula is C14H18N4S. The van der Waals surface area contributed by atoms with Gasteiger partial charge in [-0.15, -0.1) is 0 Å². The number of nitrogens with zero attached hydrogens (tertiary/aromatic N) is 2. The van der Waals surface area contributed by atoms with Crippen LogP contribution in [0.5, 0.6) is 0 Å². The Morgan fingerprint density at radius 2 is 1.84 bits per heavy atom. The minimum absolute atomic E-state index is 0.750. The molecule has 0 aliphatic carbocycles. The highest BCUT2D eigenvalue weighted by Crippen LogP contribution is 2.24. The second-order valence-corrected chi connectivity index (χ2v) is 5.02. The number of nitrogens with one attached hydrogen (secondary N) is 2. The maximum atomic E-state index is 4.47. The van der Waals surface area contributed by atoms with Gasteiger partial charge in [-0.25, -0.2) is 9.97 Å². The van der Waals surface area contributed by atoms with Crippen LogP contribution in [-0.2, 0) is 0 Å². The molecule has 19 heavy (non-hydrogen) atoms. The van der Waals surface area contributed by atoms with Crippen molar-refractivity contribution in [1.29, 1.82) is 0 Å². The summed E-state index contributed by atoms with van der Waals surface area (Å²) in [6.45, 7) is 4.21. The summed E-state index contributed by atoms with van der Waals surface area (Å²) >= 11 is 1.53. The van der Waals surface area contributed by atoms with Crippen molar-refractivity contribution in [2.24, 2.45) is 0 Å². The van der Waals surface area contributed by atoms with Crippen LogP contribution in [0.3, 0.4) is 0 Å². The Morgan fingerprint density at radius 1 is 1.11 bits per heavy atom. The Balaban J connectivity index is 2.34. The fraction of sp³-hybridized carbons (Fsp3) is 0.286. The molecule has 0 aliphatic heterocycles. The quantitative estimate of drug-likeness (QED) is 0.659. The summed E-state index contributed by atoms with van der Waals surface area (Å²) in [5, 5.41) is 7.16. The lowest BCUT2D eigenvalue weighted by atomic mass is 10.1. The number of anilines is 3. The van der Waals surface area contributed by atoms with Crippen LogP contribution in [-0.4, -0.2) is 23.3 Å². The third-order valence-electron chi connectivity index (χ3n) is 3.01. The normalized spacial score (nSPS) is 10.3. The molecular weight excluding hydrogens is 256 g/mol. The number of aromatic nitrogens is 2. The van der Waals surface area contributed by atoms with E-state index in [4.69, 9.17) is 0 Å². The molecule has 0 aliphatic rings. The lowest BCUT2D eigenvalue weighted by Crippen LogP contribution is -2.01. The number of hydrogen-bond donors (Lipinski definition) is 2. The number of rotatable bonds is 4. The summed E-state index contributed by atoms with van der Waals surface area (Å²) in [5.41, 5.74) is 3.57. The van der Waals surface area contributed by atoms with E-state index in [1.54, 1.807) is 0 Å². The van der Waals surface area contributed by atoms with Gasteiger partial charge in [0.25, 0.3) is 0 Å². The molecule has 0 spiro atoms. The molecule has 0 radical (unpaired) electrons. The monoisotopic (exact) mass is 274 g/mol. The van der Waals surface area contributed by atoms with E-state index < -0.39 is 0 Å². The SMILES string of the molecule is CNc1cc(Nc2cccc(C)c2C)nc(SC)n1. The third kappa shape index (κ3) is 3.17. The molecule has 1 aromatic carbocycles. The first-order chi connectivity index (χ1) is 9.13. The lowest BCUT2D eigenvalue weighted by Gasteiger charge is -2.12. The third-order valence-corrected chi connectivity index (χ3v) is 3.56. The molecule has 0 bridgehead atoms. The summed E-state index contributed by atoms with van der Waals surface area (Å²) in [6, 6.07) is 8.11. The lowest BCUT2D eigenvalue weighted by molar-refractivity contribution is 0.977. The molecule has 0 saturated carbocycles. The van der Waals surface area contributed by atoms with Crippen molar-refractivity contribution in [3.8, 4) is 0 Å². The van der Waals surface area contributed by atoms with E-state index in [0.717, 1.165) is 22.5 Å². The Morgan fingerprint density at radius 3 is 2.53 bits per heavy atom. The summed E-state index contributed by atoms with van der Waals surface area (Å²) in [7, 11) is 1.86. The average molecular weight is 274 g/mol. The standard InChI is InChI=1S/C14H18N4S/c1-9-6-5-7-11(10(9)2)16-13-8-12(15-3)17-14(18-13)19-4/h5-8H,1-4H3,(H2,15,16,17,18). The van der Waals surface area contributed by atoms with Gasteiger partial charge in [0.05, 0.1) is 0 Å². The maximum absolute atomic E-state index is 4.47. The molecule has 0 amide bonds. The Kier molecular flexibility index (Phi) is 4.27. The topological polar surface area (TPSA) is 49.8 Å². The molecule has 100 valence electrons. The number of hydrogen-bond acceptors (Lipinski definition) is 5. The van der Waals surface area contributed by atoms with Gasteiger partial charge in [0, 0.05) is 18.8 Å². The first kappa shape index (κ1) is 13.7. The van der Waals surface area contributed by atoms with E-state index in [9.17, 15) is 0 Å². The van der Waals surface area contributed by atoms with Crippen molar-refractivity contribution < 1.29 is 0 Å². The molecule has 1 heterocycles. The van der Waals surface area contributed by atoms with Crippen molar-refractivity contribution in [2.75, 3.05) is 23.9 Å². The van der Waals surface area contributed by atoms with Crippen molar-refractivity contribution >= 4 is 29.1 Å². The van der Waals surface area contributed by atoms with Crippen LogP contribution >= 0.6 is 11.8 Å². The highest BCUT2D eigenvalue weighted by Gasteiger charge is 2.05. The molecule has 2 rings (SSSR count). The van der Waals surface area contributed by atoms with Crippen molar-refractivity contribution in [2.45, 2.75) is 19.0 Å². The van der Waals surface area contributed by atoms with Crippen molar-refractivity contribution in [3.05, 3.63) is 35.4 Å². The Hall–Kier alpha value is -1.75. The summed E-state index contributed by atoms with van der Waals surface area (Å²) in [6.07, 6.45) is 1.97.